The molecule has 0 saturated heterocycles. The molecule has 214 valence electrons. The van der Waals surface area contributed by atoms with Crippen LogP contribution in [0.1, 0.15) is 61.0 Å². The first-order valence-corrected chi connectivity index (χ1v) is 14.6. The van der Waals surface area contributed by atoms with E-state index in [9.17, 15) is 15.0 Å². The van der Waals surface area contributed by atoms with E-state index in [2.05, 4.69) is 34.7 Å². The van der Waals surface area contributed by atoms with Crippen LogP contribution in [0.2, 0.25) is 0 Å². The third kappa shape index (κ3) is 8.55. The smallest absolute Gasteiger partial charge is 0.251 e. The monoisotopic (exact) mass is 544 g/mol. The summed E-state index contributed by atoms with van der Waals surface area (Å²) in [7, 11) is 0. The van der Waals surface area contributed by atoms with Gasteiger partial charge in [-0.25, -0.2) is 0 Å². The number of aliphatic hydroxyl groups is 1. The van der Waals surface area contributed by atoms with Crippen LogP contribution in [0.5, 0.6) is 5.75 Å². The predicted octanol–water partition coefficient (Wildman–Crippen LogP) is 5.21. The van der Waals surface area contributed by atoms with Crippen molar-refractivity contribution in [2.45, 2.75) is 70.7 Å². The Morgan fingerprint density at radius 2 is 1.62 bits per heavy atom. The van der Waals surface area contributed by atoms with Gasteiger partial charge in [-0.05, 0) is 80.4 Å². The number of rotatable bonds is 14. The SMILES string of the molecule is CCN(CC)Cc1cc(Nc2ccc(C(=O)N[C@@H](Cc3ccccc3)[C@H](O)CNC3CCCC3)cc2)ccc1O. The molecule has 5 N–H and O–H groups in total. The second-order valence-electron chi connectivity index (χ2n) is 10.7. The van der Waals surface area contributed by atoms with E-state index < -0.39 is 12.1 Å². The van der Waals surface area contributed by atoms with Crippen molar-refractivity contribution in [1.29, 1.82) is 0 Å². The highest BCUT2D eigenvalue weighted by atomic mass is 16.3. The minimum atomic E-state index is -0.703. The molecule has 0 unspecified atom stereocenters. The first-order chi connectivity index (χ1) is 19.4. The summed E-state index contributed by atoms with van der Waals surface area (Å²) >= 11 is 0. The van der Waals surface area contributed by atoms with Crippen LogP contribution in [0.15, 0.2) is 72.8 Å². The van der Waals surface area contributed by atoms with Crippen LogP contribution in [-0.4, -0.2) is 58.8 Å². The summed E-state index contributed by atoms with van der Waals surface area (Å²) < 4.78 is 0. The molecule has 3 aromatic rings. The number of carbonyl (C=O) groups is 1. The minimum absolute atomic E-state index is 0.210. The van der Waals surface area contributed by atoms with Crippen molar-refractivity contribution in [2.24, 2.45) is 0 Å². The Labute approximate surface area is 238 Å². The highest BCUT2D eigenvalue weighted by Crippen LogP contribution is 2.26. The van der Waals surface area contributed by atoms with Crippen molar-refractivity contribution in [3.8, 4) is 5.75 Å². The van der Waals surface area contributed by atoms with Crippen LogP contribution in [0.25, 0.3) is 0 Å². The van der Waals surface area contributed by atoms with E-state index >= 15 is 0 Å². The number of aliphatic hydroxyl groups excluding tert-OH is 1. The zero-order valence-electron chi connectivity index (χ0n) is 23.8. The topological polar surface area (TPSA) is 96.9 Å². The Hall–Kier alpha value is -3.39. The van der Waals surface area contributed by atoms with Gasteiger partial charge in [-0.15, -0.1) is 0 Å². The Bertz CT molecular complexity index is 1190. The first kappa shape index (κ1) is 29.6. The van der Waals surface area contributed by atoms with Gasteiger partial charge in [0.1, 0.15) is 5.75 Å². The maximum atomic E-state index is 13.2. The number of phenolic OH excluding ortho intramolecular Hbond substituents is 1. The lowest BCUT2D eigenvalue weighted by Gasteiger charge is -2.26. The number of benzene rings is 3. The molecule has 1 aliphatic rings. The molecule has 0 aliphatic heterocycles. The van der Waals surface area contributed by atoms with Crippen molar-refractivity contribution < 1.29 is 15.0 Å². The van der Waals surface area contributed by atoms with Crippen LogP contribution in [0.4, 0.5) is 11.4 Å². The molecule has 7 heteroatoms. The fraction of sp³-hybridized carbons (Fsp3) is 0.424. The van der Waals surface area contributed by atoms with E-state index in [4.69, 9.17) is 0 Å². The number of hydrogen-bond donors (Lipinski definition) is 5. The molecule has 1 fully saturated rings. The largest absolute Gasteiger partial charge is 0.508 e. The van der Waals surface area contributed by atoms with Gasteiger partial charge in [0.2, 0.25) is 0 Å². The lowest BCUT2D eigenvalue weighted by Crippen LogP contribution is -2.49. The van der Waals surface area contributed by atoms with Crippen molar-refractivity contribution in [2.75, 3.05) is 25.0 Å². The molecule has 0 radical (unpaired) electrons. The van der Waals surface area contributed by atoms with Crippen molar-refractivity contribution in [3.05, 3.63) is 89.5 Å². The summed E-state index contributed by atoms with van der Waals surface area (Å²) in [6.45, 7) is 7.18. The predicted molar refractivity (Wildman–Crippen MR) is 162 cm³/mol. The Morgan fingerprint density at radius 1 is 0.950 bits per heavy atom. The second-order valence-corrected chi connectivity index (χ2v) is 10.7. The van der Waals surface area contributed by atoms with Crippen molar-refractivity contribution in [3.63, 3.8) is 0 Å². The zero-order chi connectivity index (χ0) is 28.3. The van der Waals surface area contributed by atoms with E-state index in [0.29, 0.717) is 31.1 Å². The van der Waals surface area contributed by atoms with E-state index in [1.54, 1.807) is 18.2 Å². The van der Waals surface area contributed by atoms with Gasteiger partial charge in [0.05, 0.1) is 12.1 Å². The summed E-state index contributed by atoms with van der Waals surface area (Å²) in [4.78, 5) is 15.5. The number of amides is 1. The van der Waals surface area contributed by atoms with Crippen LogP contribution in [-0.2, 0) is 13.0 Å². The average Bonchev–Trinajstić information content (AvgIpc) is 3.50. The quantitative estimate of drug-likeness (QED) is 0.179. The Morgan fingerprint density at radius 3 is 2.30 bits per heavy atom. The van der Waals surface area contributed by atoms with Gasteiger partial charge in [0, 0.05) is 41.6 Å². The molecule has 4 rings (SSSR count). The summed E-state index contributed by atoms with van der Waals surface area (Å²) in [5.41, 5.74) is 4.19. The van der Waals surface area contributed by atoms with E-state index in [1.165, 1.54) is 12.8 Å². The van der Waals surface area contributed by atoms with Gasteiger partial charge in [0.15, 0.2) is 0 Å². The molecule has 2 atom stereocenters. The molecule has 1 aliphatic carbocycles. The highest BCUT2D eigenvalue weighted by molar-refractivity contribution is 5.94. The molecule has 0 bridgehead atoms. The Kier molecular flexibility index (Phi) is 11.0. The molecule has 1 saturated carbocycles. The summed E-state index contributed by atoms with van der Waals surface area (Å²) in [6, 6.07) is 22.8. The molecule has 3 aromatic carbocycles. The minimum Gasteiger partial charge on any atom is -0.508 e. The average molecular weight is 545 g/mol. The zero-order valence-corrected chi connectivity index (χ0v) is 23.8. The van der Waals surface area contributed by atoms with Crippen LogP contribution < -0.4 is 16.0 Å². The highest BCUT2D eigenvalue weighted by Gasteiger charge is 2.24. The van der Waals surface area contributed by atoms with Crippen LogP contribution in [0.3, 0.4) is 0 Å². The molecule has 0 aromatic heterocycles. The van der Waals surface area contributed by atoms with E-state index in [0.717, 1.165) is 48.4 Å². The maximum Gasteiger partial charge on any atom is 0.251 e. The van der Waals surface area contributed by atoms with Gasteiger partial charge in [-0.1, -0.05) is 57.0 Å². The van der Waals surface area contributed by atoms with Gasteiger partial charge in [-0.2, -0.15) is 0 Å². The number of carbonyl (C=O) groups excluding carboxylic acids is 1. The third-order valence-electron chi connectivity index (χ3n) is 7.85. The van der Waals surface area contributed by atoms with E-state index in [1.807, 2.05) is 54.6 Å². The molecule has 1 amide bonds. The summed E-state index contributed by atoms with van der Waals surface area (Å²) in [5, 5.41) is 31.3. The van der Waals surface area contributed by atoms with Crippen LogP contribution >= 0.6 is 0 Å². The number of nitrogens with zero attached hydrogens (tertiary/aromatic N) is 1. The second kappa shape index (κ2) is 14.8. The number of phenols is 1. The van der Waals surface area contributed by atoms with E-state index in [-0.39, 0.29) is 11.7 Å². The standard InChI is InChI=1S/C33H44N4O3/c1-3-37(4-2)23-26-21-29(18-19-31(26)38)35-28-16-14-25(15-17-28)33(40)36-30(20-24-10-6-5-7-11-24)32(39)22-34-27-12-8-9-13-27/h5-7,10-11,14-19,21,27,30,32,34-35,38-39H,3-4,8-9,12-13,20,22-23H2,1-2H3,(H,36,40)/t30-,32+/m0/s1. The van der Waals surface area contributed by atoms with Crippen molar-refractivity contribution in [1.82, 2.24) is 15.5 Å². The first-order valence-electron chi connectivity index (χ1n) is 14.6. The van der Waals surface area contributed by atoms with Gasteiger partial charge in [-0.3, -0.25) is 9.69 Å². The molecule has 0 spiro atoms. The van der Waals surface area contributed by atoms with Gasteiger partial charge >= 0.3 is 0 Å². The normalized spacial score (nSPS) is 15.2. The molecule has 7 nitrogen and oxygen atoms in total. The third-order valence-corrected chi connectivity index (χ3v) is 7.85. The lowest BCUT2D eigenvalue weighted by atomic mass is 10.00. The fourth-order valence-corrected chi connectivity index (χ4v) is 5.31. The van der Waals surface area contributed by atoms with Crippen LogP contribution in [0, 0.1) is 0 Å². The summed E-state index contributed by atoms with van der Waals surface area (Å²) in [5.74, 6) is 0.0775. The molecule has 40 heavy (non-hydrogen) atoms. The molecule has 0 heterocycles. The molecular formula is C33H44N4O3. The summed E-state index contributed by atoms with van der Waals surface area (Å²) in [6.07, 6.45) is 4.59. The Balaban J connectivity index is 1.39. The van der Waals surface area contributed by atoms with Crippen molar-refractivity contribution >= 4 is 17.3 Å². The molecular weight excluding hydrogens is 500 g/mol. The van der Waals surface area contributed by atoms with Gasteiger partial charge in [0.25, 0.3) is 5.91 Å². The number of anilines is 2. The number of hydrogen-bond acceptors (Lipinski definition) is 6. The maximum absolute atomic E-state index is 13.2. The number of aromatic hydroxyl groups is 1. The fourth-order valence-electron chi connectivity index (χ4n) is 5.31. The van der Waals surface area contributed by atoms with Gasteiger partial charge < -0.3 is 26.2 Å². The lowest BCUT2D eigenvalue weighted by molar-refractivity contribution is 0.0825. The number of nitrogens with one attached hydrogen (secondary N) is 3.